The van der Waals surface area contributed by atoms with Crippen LogP contribution in [0.25, 0.3) is 6.08 Å². The average Bonchev–Trinajstić information content (AvgIpc) is 2.53. The summed E-state index contributed by atoms with van der Waals surface area (Å²) in [5.41, 5.74) is 1.95. The van der Waals surface area contributed by atoms with Crippen LogP contribution in [0.3, 0.4) is 0 Å². The third-order valence-corrected chi connectivity index (χ3v) is 3.64. The maximum absolute atomic E-state index is 12.2. The second-order valence-corrected chi connectivity index (χ2v) is 5.23. The molecule has 0 saturated carbocycles. The molecule has 0 saturated heterocycles. The van der Waals surface area contributed by atoms with Gasteiger partial charge in [-0.1, -0.05) is 29.8 Å². The lowest BCUT2D eigenvalue weighted by atomic mass is 10.1. The van der Waals surface area contributed by atoms with Crippen LogP contribution < -0.4 is 0 Å². The van der Waals surface area contributed by atoms with Crippen LogP contribution in [0, 0.1) is 0 Å². The molecule has 0 spiro atoms. The van der Waals surface area contributed by atoms with Gasteiger partial charge in [-0.05, 0) is 42.3 Å². The Kier molecular flexibility index (Phi) is 5.12. The molecule has 2 rings (SSSR count). The zero-order valence-electron chi connectivity index (χ0n) is 12.0. The summed E-state index contributed by atoms with van der Waals surface area (Å²) in [4.78, 5) is 17.9. The van der Waals surface area contributed by atoms with Crippen molar-refractivity contribution in [3.63, 3.8) is 0 Å². The highest BCUT2D eigenvalue weighted by Gasteiger charge is 2.15. The molecule has 1 heterocycles. The van der Waals surface area contributed by atoms with E-state index in [-0.39, 0.29) is 11.9 Å². The number of aromatic nitrogens is 1. The number of nitrogens with zero attached hydrogens (tertiary/aromatic N) is 2. The van der Waals surface area contributed by atoms with Crippen LogP contribution in [0.4, 0.5) is 0 Å². The number of benzene rings is 1. The van der Waals surface area contributed by atoms with Crippen LogP contribution in [0.2, 0.25) is 5.02 Å². The number of carbonyl (C=O) groups excluding carboxylic acids is 1. The van der Waals surface area contributed by atoms with Crippen molar-refractivity contribution in [3.05, 3.63) is 71.0 Å². The Morgan fingerprint density at radius 1 is 1.29 bits per heavy atom. The molecule has 0 aliphatic carbocycles. The fourth-order valence-electron chi connectivity index (χ4n) is 1.92. The Bertz CT molecular complexity index is 623. The average molecular weight is 301 g/mol. The normalized spacial score (nSPS) is 12.3. The third kappa shape index (κ3) is 4.17. The number of hydrogen-bond acceptors (Lipinski definition) is 2. The van der Waals surface area contributed by atoms with Crippen molar-refractivity contribution >= 4 is 23.6 Å². The van der Waals surface area contributed by atoms with Gasteiger partial charge in [0, 0.05) is 30.5 Å². The molecular formula is C17H17ClN2O. The third-order valence-electron chi connectivity index (χ3n) is 3.38. The first kappa shape index (κ1) is 15.3. The first-order chi connectivity index (χ1) is 10.1. The quantitative estimate of drug-likeness (QED) is 0.801. The number of amides is 1. The van der Waals surface area contributed by atoms with Gasteiger partial charge in [0.25, 0.3) is 0 Å². The van der Waals surface area contributed by atoms with Crippen LogP contribution in [0.5, 0.6) is 0 Å². The van der Waals surface area contributed by atoms with E-state index in [9.17, 15) is 4.79 Å². The van der Waals surface area contributed by atoms with Gasteiger partial charge in [-0.3, -0.25) is 9.78 Å². The van der Waals surface area contributed by atoms with E-state index in [2.05, 4.69) is 4.98 Å². The monoisotopic (exact) mass is 300 g/mol. The van der Waals surface area contributed by atoms with Crippen LogP contribution in [0.1, 0.15) is 24.1 Å². The van der Waals surface area contributed by atoms with Gasteiger partial charge in [0.2, 0.25) is 5.91 Å². The minimum atomic E-state index is -0.0543. The molecule has 1 amide bonds. The summed E-state index contributed by atoms with van der Waals surface area (Å²) >= 11 is 5.88. The predicted molar refractivity (Wildman–Crippen MR) is 85.9 cm³/mol. The lowest BCUT2D eigenvalue weighted by molar-refractivity contribution is -0.126. The molecule has 108 valence electrons. The molecule has 0 N–H and O–H groups in total. The maximum Gasteiger partial charge on any atom is 0.246 e. The summed E-state index contributed by atoms with van der Waals surface area (Å²) in [6.07, 6.45) is 6.74. The molecular weight excluding hydrogens is 284 g/mol. The molecule has 0 fully saturated rings. The van der Waals surface area contributed by atoms with E-state index in [1.165, 1.54) is 0 Å². The first-order valence-corrected chi connectivity index (χ1v) is 7.06. The second kappa shape index (κ2) is 7.04. The first-order valence-electron chi connectivity index (χ1n) is 6.68. The largest absolute Gasteiger partial charge is 0.335 e. The topological polar surface area (TPSA) is 33.2 Å². The molecule has 1 unspecified atom stereocenters. The highest BCUT2D eigenvalue weighted by molar-refractivity contribution is 6.30. The molecule has 0 radical (unpaired) electrons. The molecule has 4 heteroatoms. The van der Waals surface area contributed by atoms with Crippen molar-refractivity contribution in [1.29, 1.82) is 0 Å². The number of hydrogen-bond donors (Lipinski definition) is 0. The van der Waals surface area contributed by atoms with Gasteiger partial charge in [-0.15, -0.1) is 0 Å². The van der Waals surface area contributed by atoms with E-state index in [1.54, 1.807) is 36.5 Å². The summed E-state index contributed by atoms with van der Waals surface area (Å²) in [7, 11) is 1.79. The maximum atomic E-state index is 12.2. The Balaban J connectivity index is 2.05. The smallest absolute Gasteiger partial charge is 0.246 e. The predicted octanol–water partition coefficient (Wildman–Crippen LogP) is 3.97. The van der Waals surface area contributed by atoms with Gasteiger partial charge in [0.15, 0.2) is 0 Å². The van der Waals surface area contributed by atoms with Crippen molar-refractivity contribution in [3.8, 4) is 0 Å². The number of rotatable bonds is 4. The van der Waals surface area contributed by atoms with Crippen molar-refractivity contribution < 1.29 is 4.79 Å². The van der Waals surface area contributed by atoms with Gasteiger partial charge in [-0.2, -0.15) is 0 Å². The van der Waals surface area contributed by atoms with Gasteiger partial charge in [-0.25, -0.2) is 0 Å². The molecule has 1 aromatic carbocycles. The van der Waals surface area contributed by atoms with Crippen molar-refractivity contribution in [1.82, 2.24) is 9.88 Å². The molecule has 21 heavy (non-hydrogen) atoms. The summed E-state index contributed by atoms with van der Waals surface area (Å²) in [6.45, 7) is 1.99. The lowest BCUT2D eigenvalue weighted by Gasteiger charge is -2.24. The van der Waals surface area contributed by atoms with Crippen LogP contribution >= 0.6 is 11.6 Å². The molecule has 1 atom stereocenters. The second-order valence-electron chi connectivity index (χ2n) is 4.80. The van der Waals surface area contributed by atoms with Crippen molar-refractivity contribution in [2.75, 3.05) is 7.05 Å². The Morgan fingerprint density at radius 2 is 2.00 bits per heavy atom. The highest BCUT2D eigenvalue weighted by atomic mass is 35.5. The molecule has 0 aliphatic rings. The lowest BCUT2D eigenvalue weighted by Crippen LogP contribution is -2.27. The van der Waals surface area contributed by atoms with E-state index >= 15 is 0 Å². The fourth-order valence-corrected chi connectivity index (χ4v) is 2.04. The Morgan fingerprint density at radius 3 is 2.62 bits per heavy atom. The van der Waals surface area contributed by atoms with E-state index in [0.29, 0.717) is 5.02 Å². The van der Waals surface area contributed by atoms with Gasteiger partial charge in [0.1, 0.15) is 0 Å². The van der Waals surface area contributed by atoms with E-state index in [0.717, 1.165) is 11.1 Å². The van der Waals surface area contributed by atoms with Crippen LogP contribution in [-0.2, 0) is 4.79 Å². The zero-order valence-corrected chi connectivity index (χ0v) is 12.8. The SMILES string of the molecule is CC(c1ccc(Cl)cc1)N(C)C(=O)C=Cc1cccnc1. The van der Waals surface area contributed by atoms with Gasteiger partial charge in [0.05, 0.1) is 6.04 Å². The van der Waals surface area contributed by atoms with Crippen molar-refractivity contribution in [2.24, 2.45) is 0 Å². The summed E-state index contributed by atoms with van der Waals surface area (Å²) in [5.74, 6) is -0.0543. The van der Waals surface area contributed by atoms with E-state index in [1.807, 2.05) is 43.3 Å². The van der Waals surface area contributed by atoms with Gasteiger partial charge >= 0.3 is 0 Å². The number of halogens is 1. The molecule has 2 aromatic rings. The number of carbonyl (C=O) groups is 1. The van der Waals surface area contributed by atoms with Crippen molar-refractivity contribution in [2.45, 2.75) is 13.0 Å². The zero-order chi connectivity index (χ0) is 15.2. The minimum Gasteiger partial charge on any atom is -0.335 e. The molecule has 1 aromatic heterocycles. The highest BCUT2D eigenvalue weighted by Crippen LogP contribution is 2.21. The van der Waals surface area contributed by atoms with Gasteiger partial charge < -0.3 is 4.90 Å². The van der Waals surface area contributed by atoms with Crippen LogP contribution in [0.15, 0.2) is 54.9 Å². The minimum absolute atomic E-state index is 0.0201. The number of likely N-dealkylation sites (N-methyl/N-ethyl adjacent to an activating group) is 1. The Hall–Kier alpha value is -2.13. The summed E-state index contributed by atoms with van der Waals surface area (Å²) < 4.78 is 0. The van der Waals surface area contributed by atoms with E-state index in [4.69, 9.17) is 11.6 Å². The standard InChI is InChI=1S/C17H17ClN2O/c1-13(15-6-8-16(18)9-7-15)20(2)17(21)10-5-14-4-3-11-19-12-14/h3-13H,1-2H3. The van der Waals surface area contributed by atoms with E-state index < -0.39 is 0 Å². The number of pyridine rings is 1. The molecule has 0 bridgehead atoms. The molecule has 0 aliphatic heterocycles. The van der Waals surface area contributed by atoms with Crippen LogP contribution in [-0.4, -0.2) is 22.8 Å². The fraction of sp³-hybridized carbons (Fsp3) is 0.176. The summed E-state index contributed by atoms with van der Waals surface area (Å²) in [6, 6.07) is 11.2. The Labute approximate surface area is 129 Å². The summed E-state index contributed by atoms with van der Waals surface area (Å²) in [5, 5.41) is 0.691. The molecule has 3 nitrogen and oxygen atoms in total.